The molecule has 2 saturated heterocycles. The number of carbonyl (C=O) groups is 1. The second kappa shape index (κ2) is 10.1. The summed E-state index contributed by atoms with van der Waals surface area (Å²) in [4.78, 5) is 26.4. The number of anilines is 3. The number of nitrogens with one attached hydrogen (secondary N) is 1. The van der Waals surface area contributed by atoms with Crippen molar-refractivity contribution in [1.29, 1.82) is 5.26 Å². The van der Waals surface area contributed by atoms with Crippen LogP contribution >= 0.6 is 0 Å². The molecule has 4 heterocycles. The van der Waals surface area contributed by atoms with Crippen LogP contribution in [0, 0.1) is 23.2 Å². The van der Waals surface area contributed by atoms with Crippen LogP contribution in [-0.2, 0) is 0 Å². The minimum absolute atomic E-state index is 0.00695. The number of benzene rings is 1. The molecule has 1 aromatic carbocycles. The Morgan fingerprint density at radius 2 is 1.94 bits per heavy atom. The predicted octanol–water partition coefficient (Wildman–Crippen LogP) is 2.77. The number of pyridine rings is 2. The highest BCUT2D eigenvalue weighted by molar-refractivity contribution is 6.05. The van der Waals surface area contributed by atoms with Gasteiger partial charge in [0, 0.05) is 61.3 Å². The third-order valence-electron chi connectivity index (χ3n) is 7.30. The van der Waals surface area contributed by atoms with Crippen molar-refractivity contribution < 1.29 is 9.90 Å². The smallest absolute Gasteiger partial charge is 0.274 e. The second-order valence-electron chi connectivity index (χ2n) is 9.85. The van der Waals surface area contributed by atoms with Crippen LogP contribution in [0.3, 0.4) is 0 Å². The molecule has 9 heteroatoms. The van der Waals surface area contributed by atoms with Crippen molar-refractivity contribution in [3.8, 4) is 6.07 Å². The zero-order chi connectivity index (χ0) is 25.2. The first-order valence-corrected chi connectivity index (χ1v) is 12.4. The van der Waals surface area contributed by atoms with E-state index >= 15 is 0 Å². The van der Waals surface area contributed by atoms with Gasteiger partial charge in [-0.15, -0.1) is 0 Å². The molecule has 3 atom stereocenters. The molecule has 2 aliphatic heterocycles. The van der Waals surface area contributed by atoms with E-state index in [4.69, 9.17) is 11.0 Å². The third kappa shape index (κ3) is 4.83. The zero-order valence-electron chi connectivity index (χ0n) is 20.3. The number of fused-ring (bicyclic) bond motifs is 1. The molecular weight excluding hydrogens is 454 g/mol. The van der Waals surface area contributed by atoms with Crippen molar-refractivity contribution in [3.63, 3.8) is 0 Å². The molecule has 0 bridgehead atoms. The van der Waals surface area contributed by atoms with Crippen LogP contribution in [0.15, 0.2) is 48.8 Å². The maximum Gasteiger partial charge on any atom is 0.274 e. The molecule has 9 nitrogen and oxygen atoms in total. The van der Waals surface area contributed by atoms with Gasteiger partial charge >= 0.3 is 0 Å². The molecular formula is C27H31N7O2. The third-order valence-corrected chi connectivity index (χ3v) is 7.30. The fourth-order valence-electron chi connectivity index (χ4n) is 5.15. The molecule has 2 aromatic heterocycles. The average Bonchev–Trinajstić information content (AvgIpc) is 2.91. The molecule has 2 aliphatic rings. The van der Waals surface area contributed by atoms with Crippen molar-refractivity contribution in [2.24, 2.45) is 17.6 Å². The van der Waals surface area contributed by atoms with Crippen LogP contribution in [0.25, 0.3) is 10.9 Å². The van der Waals surface area contributed by atoms with Crippen LogP contribution in [0.1, 0.15) is 30.3 Å². The first kappa shape index (κ1) is 24.0. The number of aliphatic hydroxyl groups is 1. The Morgan fingerprint density at radius 1 is 1.17 bits per heavy atom. The lowest BCUT2D eigenvalue weighted by Gasteiger charge is -2.40. The Labute approximate surface area is 210 Å². The highest BCUT2D eigenvalue weighted by Gasteiger charge is 2.32. The highest BCUT2D eigenvalue weighted by Crippen LogP contribution is 2.30. The quantitative estimate of drug-likeness (QED) is 0.514. The van der Waals surface area contributed by atoms with Gasteiger partial charge in [0.1, 0.15) is 5.69 Å². The average molecular weight is 486 g/mol. The highest BCUT2D eigenvalue weighted by atomic mass is 16.3. The predicted molar refractivity (Wildman–Crippen MR) is 140 cm³/mol. The van der Waals surface area contributed by atoms with Gasteiger partial charge in [-0.3, -0.25) is 9.78 Å². The van der Waals surface area contributed by atoms with E-state index in [9.17, 15) is 9.90 Å². The summed E-state index contributed by atoms with van der Waals surface area (Å²) in [6.07, 6.45) is 4.47. The Hall–Kier alpha value is -3.74. The fourth-order valence-corrected chi connectivity index (χ4v) is 5.15. The lowest BCUT2D eigenvalue weighted by Crippen LogP contribution is -2.55. The zero-order valence-corrected chi connectivity index (χ0v) is 20.3. The summed E-state index contributed by atoms with van der Waals surface area (Å²) < 4.78 is 0. The number of rotatable bonds is 4. The van der Waals surface area contributed by atoms with Gasteiger partial charge in [-0.2, -0.15) is 5.26 Å². The summed E-state index contributed by atoms with van der Waals surface area (Å²) in [6.45, 7) is 4.76. The van der Waals surface area contributed by atoms with Crippen LogP contribution in [0.4, 0.5) is 17.1 Å². The van der Waals surface area contributed by atoms with Gasteiger partial charge in [0.05, 0.1) is 35.3 Å². The standard InChI is InChI=1S/C27H31N7O2/c1-17-15-34(16-21(29)26(17)35)25-6-9-30-14-24(25)32-27(36)22-5-3-19-2-4-20(12-23(19)31-22)33-10-7-18(13-28)8-11-33/h2-6,9,12,14,17-18,21,26,35H,7-8,10-11,15-16,29H2,1H3,(H,32,36). The summed E-state index contributed by atoms with van der Waals surface area (Å²) in [7, 11) is 0. The van der Waals surface area contributed by atoms with Crippen LogP contribution < -0.4 is 20.9 Å². The van der Waals surface area contributed by atoms with Gasteiger partial charge in [0.25, 0.3) is 5.91 Å². The van der Waals surface area contributed by atoms with Crippen molar-refractivity contribution in [3.05, 3.63) is 54.5 Å². The topological polar surface area (TPSA) is 131 Å². The molecule has 1 amide bonds. The maximum absolute atomic E-state index is 13.2. The molecule has 4 N–H and O–H groups in total. The van der Waals surface area contributed by atoms with Crippen molar-refractivity contribution in [2.45, 2.75) is 31.9 Å². The number of aliphatic hydroxyl groups excluding tert-OH is 1. The number of nitriles is 1. The number of nitrogens with two attached hydrogens (primary N) is 1. The summed E-state index contributed by atoms with van der Waals surface area (Å²) in [5, 5.41) is 23.3. The number of nitrogens with zero attached hydrogens (tertiary/aromatic N) is 5. The van der Waals surface area contributed by atoms with Crippen molar-refractivity contribution in [2.75, 3.05) is 41.3 Å². The number of amides is 1. The summed E-state index contributed by atoms with van der Waals surface area (Å²) in [6, 6.07) is 13.6. The SMILES string of the molecule is CC1CN(c2ccncc2NC(=O)c2ccc3ccc(N4CCC(C#N)CC4)cc3n2)CC(N)C1O. The summed E-state index contributed by atoms with van der Waals surface area (Å²) in [5.74, 6) is -0.185. The fraction of sp³-hybridized carbons (Fsp3) is 0.407. The molecule has 0 aliphatic carbocycles. The largest absolute Gasteiger partial charge is 0.391 e. The van der Waals surface area contributed by atoms with Gasteiger partial charge in [0.2, 0.25) is 0 Å². The minimum Gasteiger partial charge on any atom is -0.391 e. The molecule has 3 aromatic rings. The second-order valence-corrected chi connectivity index (χ2v) is 9.85. The monoisotopic (exact) mass is 485 g/mol. The number of aromatic nitrogens is 2. The van der Waals surface area contributed by atoms with Gasteiger partial charge in [-0.25, -0.2) is 4.98 Å². The number of hydrogen-bond acceptors (Lipinski definition) is 8. The Bertz CT molecular complexity index is 1290. The first-order chi connectivity index (χ1) is 17.4. The Kier molecular flexibility index (Phi) is 6.72. The van der Waals surface area contributed by atoms with Crippen LogP contribution in [0.2, 0.25) is 0 Å². The number of piperidine rings is 2. The van der Waals surface area contributed by atoms with Crippen LogP contribution in [-0.4, -0.2) is 59.3 Å². The molecule has 2 fully saturated rings. The Balaban J connectivity index is 1.35. The molecule has 5 rings (SSSR count). The first-order valence-electron chi connectivity index (χ1n) is 12.4. The molecule has 0 spiro atoms. The maximum atomic E-state index is 13.2. The van der Waals surface area contributed by atoms with Gasteiger partial charge < -0.3 is 26.0 Å². The van der Waals surface area contributed by atoms with E-state index in [-0.39, 0.29) is 23.8 Å². The molecule has 0 saturated carbocycles. The minimum atomic E-state index is -0.550. The number of hydrogen-bond donors (Lipinski definition) is 3. The molecule has 186 valence electrons. The van der Waals surface area contributed by atoms with Gasteiger partial charge in [-0.05, 0) is 37.1 Å². The number of carbonyl (C=O) groups excluding carboxylic acids is 1. The van der Waals surface area contributed by atoms with E-state index in [1.54, 1.807) is 18.5 Å². The van der Waals surface area contributed by atoms with Crippen LogP contribution in [0.5, 0.6) is 0 Å². The van der Waals surface area contributed by atoms with Crippen molar-refractivity contribution >= 4 is 33.9 Å². The molecule has 0 radical (unpaired) electrons. The van der Waals surface area contributed by atoms with E-state index in [2.05, 4.69) is 37.2 Å². The lowest BCUT2D eigenvalue weighted by molar-refractivity contribution is 0.0785. The summed E-state index contributed by atoms with van der Waals surface area (Å²) >= 11 is 0. The lowest BCUT2D eigenvalue weighted by atomic mass is 9.92. The Morgan fingerprint density at radius 3 is 2.69 bits per heavy atom. The van der Waals surface area contributed by atoms with E-state index in [1.165, 1.54) is 0 Å². The van der Waals surface area contributed by atoms with Crippen molar-refractivity contribution in [1.82, 2.24) is 9.97 Å². The van der Waals surface area contributed by atoms with Gasteiger partial charge in [0.15, 0.2) is 0 Å². The van der Waals surface area contributed by atoms with E-state index in [0.717, 1.165) is 48.2 Å². The van der Waals surface area contributed by atoms with Gasteiger partial charge in [-0.1, -0.05) is 19.1 Å². The summed E-state index contributed by atoms with van der Waals surface area (Å²) in [5.41, 5.74) is 9.66. The molecule has 36 heavy (non-hydrogen) atoms. The van der Waals surface area contributed by atoms with E-state index in [0.29, 0.717) is 24.5 Å². The van der Waals surface area contributed by atoms with E-state index in [1.807, 2.05) is 31.2 Å². The molecule has 3 unspecified atom stereocenters. The van der Waals surface area contributed by atoms with E-state index < -0.39 is 6.10 Å². The normalized spacial score (nSPS) is 22.9.